The van der Waals surface area contributed by atoms with E-state index in [4.69, 9.17) is 4.74 Å². The molecule has 0 atom stereocenters. The average Bonchev–Trinajstić information content (AvgIpc) is 2.37. The normalized spacial score (nSPS) is 17.7. The second kappa shape index (κ2) is 5.61. The van der Waals surface area contributed by atoms with Gasteiger partial charge in [0.2, 0.25) is 0 Å². The number of para-hydroxylation sites is 1. The molecule has 2 rings (SSSR count). The lowest BCUT2D eigenvalue weighted by atomic mass is 9.99. The molecule has 1 saturated heterocycles. The second-order valence-corrected chi connectivity index (χ2v) is 4.50. The molecule has 0 aliphatic carbocycles. The summed E-state index contributed by atoms with van der Waals surface area (Å²) in [6, 6.07) is 5.37. The molecule has 100 valence electrons. The zero-order valence-corrected chi connectivity index (χ0v) is 9.96. The number of rotatable bonds is 3. The fourth-order valence-electron chi connectivity index (χ4n) is 2.08. The van der Waals surface area contributed by atoms with Crippen molar-refractivity contribution < 1.29 is 17.9 Å². The van der Waals surface area contributed by atoms with Gasteiger partial charge in [-0.05, 0) is 44.0 Å². The summed E-state index contributed by atoms with van der Waals surface area (Å²) in [6.07, 6.45) is -2.45. The Kier molecular flexibility index (Phi) is 4.11. The third kappa shape index (κ3) is 3.38. The number of benzene rings is 1. The second-order valence-electron chi connectivity index (χ2n) is 4.50. The number of nitrogens with one attached hydrogen (secondary N) is 1. The third-order valence-corrected chi connectivity index (χ3v) is 3.13. The summed E-state index contributed by atoms with van der Waals surface area (Å²) in [5.74, 6) is 0.274. The highest BCUT2D eigenvalue weighted by Crippen LogP contribution is 2.36. The van der Waals surface area contributed by atoms with Crippen molar-refractivity contribution in [3.8, 4) is 5.75 Å². The van der Waals surface area contributed by atoms with E-state index in [-0.39, 0.29) is 5.75 Å². The van der Waals surface area contributed by atoms with E-state index in [0.29, 0.717) is 12.5 Å². The Morgan fingerprint density at radius 3 is 2.50 bits per heavy atom. The topological polar surface area (TPSA) is 21.3 Å². The first-order chi connectivity index (χ1) is 8.57. The van der Waals surface area contributed by atoms with Gasteiger partial charge in [0.25, 0.3) is 0 Å². The van der Waals surface area contributed by atoms with E-state index >= 15 is 0 Å². The molecule has 0 saturated carbocycles. The van der Waals surface area contributed by atoms with Crippen molar-refractivity contribution in [1.82, 2.24) is 5.32 Å². The molecule has 18 heavy (non-hydrogen) atoms. The van der Waals surface area contributed by atoms with Crippen molar-refractivity contribution in [3.05, 3.63) is 29.8 Å². The maximum atomic E-state index is 12.7. The van der Waals surface area contributed by atoms with Crippen LogP contribution < -0.4 is 10.1 Å². The van der Waals surface area contributed by atoms with Crippen LogP contribution in [0, 0.1) is 5.92 Å². The molecule has 1 heterocycles. The Balaban J connectivity index is 2.00. The number of hydrogen-bond acceptors (Lipinski definition) is 2. The predicted octanol–water partition coefficient (Wildman–Crippen LogP) is 3.08. The molecule has 1 aromatic rings. The van der Waals surface area contributed by atoms with Crippen molar-refractivity contribution in [2.75, 3.05) is 19.7 Å². The molecule has 1 aromatic carbocycles. The summed E-state index contributed by atoms with van der Waals surface area (Å²) in [4.78, 5) is 0. The lowest BCUT2D eigenvalue weighted by Crippen LogP contribution is -2.30. The third-order valence-electron chi connectivity index (χ3n) is 3.13. The molecular weight excluding hydrogens is 243 g/mol. The largest absolute Gasteiger partial charge is 0.493 e. The molecule has 0 amide bonds. The molecule has 0 spiro atoms. The summed E-state index contributed by atoms with van der Waals surface area (Å²) in [6.45, 7) is 2.18. The highest BCUT2D eigenvalue weighted by atomic mass is 19.4. The van der Waals surface area contributed by atoms with Gasteiger partial charge in [0.05, 0.1) is 12.2 Å². The van der Waals surface area contributed by atoms with E-state index in [0.717, 1.165) is 32.0 Å². The minimum Gasteiger partial charge on any atom is -0.493 e. The van der Waals surface area contributed by atoms with Crippen molar-refractivity contribution in [1.29, 1.82) is 0 Å². The molecule has 0 aromatic heterocycles. The lowest BCUT2D eigenvalue weighted by Gasteiger charge is -2.23. The Labute approximate surface area is 104 Å². The highest BCUT2D eigenvalue weighted by molar-refractivity contribution is 5.35. The fourth-order valence-corrected chi connectivity index (χ4v) is 2.08. The predicted molar refractivity (Wildman–Crippen MR) is 62.5 cm³/mol. The van der Waals surface area contributed by atoms with Crippen LogP contribution in [0.1, 0.15) is 18.4 Å². The maximum Gasteiger partial charge on any atom is 0.419 e. The van der Waals surface area contributed by atoms with Crippen LogP contribution in [0.4, 0.5) is 13.2 Å². The van der Waals surface area contributed by atoms with Gasteiger partial charge in [-0.3, -0.25) is 0 Å². The maximum absolute atomic E-state index is 12.7. The summed E-state index contributed by atoms with van der Waals surface area (Å²) in [5, 5.41) is 3.21. The van der Waals surface area contributed by atoms with E-state index in [2.05, 4.69) is 5.32 Å². The first-order valence-electron chi connectivity index (χ1n) is 6.07. The molecule has 2 nitrogen and oxygen atoms in total. The first kappa shape index (κ1) is 13.2. The summed E-state index contributed by atoms with van der Waals surface area (Å²) in [7, 11) is 0. The van der Waals surface area contributed by atoms with Gasteiger partial charge in [0.15, 0.2) is 0 Å². The fraction of sp³-hybridized carbons (Fsp3) is 0.538. The van der Waals surface area contributed by atoms with Crippen LogP contribution >= 0.6 is 0 Å². The van der Waals surface area contributed by atoms with Gasteiger partial charge in [-0.15, -0.1) is 0 Å². The standard InChI is InChI=1S/C13H16F3NO/c14-13(15,16)11-3-1-2-4-12(11)18-9-10-5-7-17-8-6-10/h1-4,10,17H,5-9H2. The smallest absolute Gasteiger partial charge is 0.419 e. The van der Waals surface area contributed by atoms with E-state index in [1.165, 1.54) is 12.1 Å². The van der Waals surface area contributed by atoms with Crippen molar-refractivity contribution in [2.45, 2.75) is 19.0 Å². The molecule has 1 aliphatic heterocycles. The molecule has 5 heteroatoms. The Hall–Kier alpha value is -1.23. The SMILES string of the molecule is FC(F)(F)c1ccccc1OCC1CCNCC1. The monoisotopic (exact) mass is 259 g/mol. The van der Waals surface area contributed by atoms with Gasteiger partial charge in [0.1, 0.15) is 5.75 Å². The molecular formula is C13H16F3NO. The van der Waals surface area contributed by atoms with Gasteiger partial charge in [-0.25, -0.2) is 0 Å². The van der Waals surface area contributed by atoms with Crippen molar-refractivity contribution in [3.63, 3.8) is 0 Å². The number of piperidine rings is 1. The molecule has 0 radical (unpaired) electrons. The van der Waals surface area contributed by atoms with E-state index in [1.807, 2.05) is 0 Å². The molecule has 1 aliphatic rings. The summed E-state index contributed by atoms with van der Waals surface area (Å²) < 4.78 is 43.5. The lowest BCUT2D eigenvalue weighted by molar-refractivity contribution is -0.139. The summed E-state index contributed by atoms with van der Waals surface area (Å²) >= 11 is 0. The van der Waals surface area contributed by atoms with Crippen LogP contribution in [0.3, 0.4) is 0 Å². The molecule has 0 unspecified atom stereocenters. The van der Waals surface area contributed by atoms with Crippen LogP contribution in [0.25, 0.3) is 0 Å². The minimum atomic E-state index is -4.36. The van der Waals surface area contributed by atoms with Gasteiger partial charge >= 0.3 is 6.18 Å². The van der Waals surface area contributed by atoms with Crippen LogP contribution in [0.5, 0.6) is 5.75 Å². The quantitative estimate of drug-likeness (QED) is 0.900. The van der Waals surface area contributed by atoms with Gasteiger partial charge in [-0.1, -0.05) is 12.1 Å². The molecule has 1 fully saturated rings. The number of hydrogen-bond donors (Lipinski definition) is 1. The van der Waals surface area contributed by atoms with Crippen molar-refractivity contribution >= 4 is 0 Å². The zero-order chi connectivity index (χ0) is 13.0. The highest BCUT2D eigenvalue weighted by Gasteiger charge is 2.34. The molecule has 0 bridgehead atoms. The van der Waals surface area contributed by atoms with Gasteiger partial charge < -0.3 is 10.1 Å². The van der Waals surface area contributed by atoms with Crippen molar-refractivity contribution in [2.24, 2.45) is 5.92 Å². The first-order valence-corrected chi connectivity index (χ1v) is 6.07. The average molecular weight is 259 g/mol. The Morgan fingerprint density at radius 2 is 1.83 bits per heavy atom. The van der Waals surface area contributed by atoms with E-state index < -0.39 is 11.7 Å². The van der Waals surface area contributed by atoms with Crippen LogP contribution in [0.15, 0.2) is 24.3 Å². The Morgan fingerprint density at radius 1 is 1.17 bits per heavy atom. The van der Waals surface area contributed by atoms with Crippen LogP contribution in [0.2, 0.25) is 0 Å². The summed E-state index contributed by atoms with van der Waals surface area (Å²) in [5.41, 5.74) is -0.695. The number of halogens is 3. The Bertz CT molecular complexity index is 386. The van der Waals surface area contributed by atoms with Crippen LogP contribution in [-0.4, -0.2) is 19.7 Å². The number of ether oxygens (including phenoxy) is 1. The van der Waals surface area contributed by atoms with E-state index in [9.17, 15) is 13.2 Å². The van der Waals surface area contributed by atoms with Gasteiger partial charge in [0, 0.05) is 0 Å². The van der Waals surface area contributed by atoms with E-state index in [1.54, 1.807) is 6.07 Å². The number of alkyl halides is 3. The molecule has 1 N–H and O–H groups in total. The van der Waals surface area contributed by atoms with Gasteiger partial charge in [-0.2, -0.15) is 13.2 Å². The minimum absolute atomic E-state index is 0.0662. The van der Waals surface area contributed by atoms with Crippen LogP contribution in [-0.2, 0) is 6.18 Å². The zero-order valence-electron chi connectivity index (χ0n) is 9.96.